The lowest BCUT2D eigenvalue weighted by molar-refractivity contribution is -0.137. The number of hydrogen-bond donors (Lipinski definition) is 2. The fourth-order valence-corrected chi connectivity index (χ4v) is 2.89. The minimum absolute atomic E-state index is 0.000589. The first kappa shape index (κ1) is 15.7. The number of nitrogens with two attached hydrogens (primary N) is 1. The second-order valence-corrected chi connectivity index (χ2v) is 5.55. The number of carboxylic acid groups (broad SMARTS) is 1. The van der Waals surface area contributed by atoms with Crippen LogP contribution >= 0.6 is 0 Å². The molecule has 0 fully saturated rings. The summed E-state index contributed by atoms with van der Waals surface area (Å²) in [5, 5.41) is 9.79. The van der Waals surface area contributed by atoms with Crippen LogP contribution in [0.1, 0.15) is 43.9 Å². The van der Waals surface area contributed by atoms with Gasteiger partial charge in [-0.25, -0.2) is 0 Å². The van der Waals surface area contributed by atoms with E-state index in [-0.39, 0.29) is 30.5 Å². The van der Waals surface area contributed by atoms with Crippen molar-refractivity contribution in [3.63, 3.8) is 0 Å². The van der Waals surface area contributed by atoms with Gasteiger partial charge in [-0.15, -0.1) is 0 Å². The Morgan fingerprint density at radius 3 is 2.46 bits per heavy atom. The van der Waals surface area contributed by atoms with Crippen LogP contribution in [0.5, 0.6) is 0 Å². The van der Waals surface area contributed by atoms with Gasteiger partial charge in [-0.2, -0.15) is 0 Å². The Morgan fingerprint density at radius 1 is 1.08 bits per heavy atom. The normalized spacial score (nSPS) is 13.4. The summed E-state index contributed by atoms with van der Waals surface area (Å²) >= 11 is 0. The van der Waals surface area contributed by atoms with Gasteiger partial charge in [0.2, 0.25) is 5.91 Å². The maximum Gasteiger partial charge on any atom is 0.303 e. The Labute approximate surface area is 136 Å². The Balaban J connectivity index is 2.10. The van der Waals surface area contributed by atoms with E-state index in [9.17, 15) is 19.2 Å². The summed E-state index contributed by atoms with van der Waals surface area (Å²) in [5.41, 5.74) is 6.08. The summed E-state index contributed by atoms with van der Waals surface area (Å²) in [7, 11) is 0. The minimum atomic E-state index is -0.995. The third kappa shape index (κ3) is 2.50. The first-order valence-electron chi connectivity index (χ1n) is 7.34. The van der Waals surface area contributed by atoms with E-state index in [1.807, 2.05) is 0 Å². The molecule has 3 amide bonds. The van der Waals surface area contributed by atoms with Crippen LogP contribution in [-0.2, 0) is 4.79 Å². The fraction of sp³-hybridized carbons (Fsp3) is 0.176. The quantitative estimate of drug-likeness (QED) is 0.805. The van der Waals surface area contributed by atoms with Crippen LogP contribution in [0.15, 0.2) is 30.3 Å². The molecule has 3 rings (SSSR count). The fourth-order valence-electron chi connectivity index (χ4n) is 2.89. The van der Waals surface area contributed by atoms with Crippen molar-refractivity contribution in [2.24, 2.45) is 5.73 Å². The van der Waals surface area contributed by atoms with Crippen LogP contribution in [0.4, 0.5) is 0 Å². The first-order chi connectivity index (χ1) is 11.4. The molecule has 3 N–H and O–H groups in total. The number of carbonyl (C=O) groups excluding carboxylic acids is 3. The standard InChI is InChI=1S/C17H14N2O5/c18-15(22)10-7-9-3-1-4-11-14(9)12(8-10)17(24)19(16(11)23)6-2-5-13(20)21/h1,3-4,7-8H,2,5-6H2,(H2,18,22)(H,20,21). The topological polar surface area (TPSA) is 118 Å². The molecule has 0 saturated carbocycles. The van der Waals surface area contributed by atoms with Crippen molar-refractivity contribution in [3.05, 3.63) is 47.0 Å². The molecular formula is C17H14N2O5. The zero-order valence-corrected chi connectivity index (χ0v) is 12.6. The molecule has 0 bridgehead atoms. The molecule has 0 spiro atoms. The molecule has 0 radical (unpaired) electrons. The van der Waals surface area contributed by atoms with Gasteiger partial charge in [0.25, 0.3) is 11.8 Å². The maximum absolute atomic E-state index is 12.7. The van der Waals surface area contributed by atoms with Gasteiger partial charge in [0.05, 0.1) is 0 Å². The van der Waals surface area contributed by atoms with Crippen LogP contribution in [-0.4, -0.2) is 40.2 Å². The third-order valence-corrected chi connectivity index (χ3v) is 3.98. The lowest BCUT2D eigenvalue weighted by Gasteiger charge is -2.27. The molecule has 1 heterocycles. The molecule has 122 valence electrons. The minimum Gasteiger partial charge on any atom is -0.481 e. The Morgan fingerprint density at radius 2 is 1.79 bits per heavy atom. The smallest absolute Gasteiger partial charge is 0.303 e. The van der Waals surface area contributed by atoms with E-state index in [0.29, 0.717) is 16.3 Å². The highest BCUT2D eigenvalue weighted by Gasteiger charge is 2.33. The van der Waals surface area contributed by atoms with Crippen molar-refractivity contribution in [2.75, 3.05) is 6.54 Å². The molecule has 7 heteroatoms. The van der Waals surface area contributed by atoms with Crippen molar-refractivity contribution in [2.45, 2.75) is 12.8 Å². The molecule has 1 aliphatic heterocycles. The van der Waals surface area contributed by atoms with Gasteiger partial charge in [-0.3, -0.25) is 24.1 Å². The number of primary amides is 1. The molecule has 0 atom stereocenters. The highest BCUT2D eigenvalue weighted by molar-refractivity contribution is 6.26. The van der Waals surface area contributed by atoms with E-state index in [1.165, 1.54) is 6.07 Å². The molecule has 2 aromatic carbocycles. The second-order valence-electron chi connectivity index (χ2n) is 5.55. The third-order valence-electron chi connectivity index (χ3n) is 3.98. The predicted molar refractivity (Wildman–Crippen MR) is 84.7 cm³/mol. The van der Waals surface area contributed by atoms with E-state index in [2.05, 4.69) is 0 Å². The van der Waals surface area contributed by atoms with E-state index < -0.39 is 23.7 Å². The monoisotopic (exact) mass is 326 g/mol. The highest BCUT2D eigenvalue weighted by Crippen LogP contribution is 2.31. The molecule has 0 saturated heterocycles. The van der Waals surface area contributed by atoms with Crippen LogP contribution in [0, 0.1) is 0 Å². The molecule has 0 aliphatic carbocycles. The number of amides is 3. The molecule has 0 unspecified atom stereocenters. The molecule has 7 nitrogen and oxygen atoms in total. The summed E-state index contributed by atoms with van der Waals surface area (Å²) in [6.45, 7) is 0.000589. The second kappa shape index (κ2) is 5.77. The van der Waals surface area contributed by atoms with Gasteiger partial charge in [-0.1, -0.05) is 12.1 Å². The van der Waals surface area contributed by atoms with E-state index in [1.54, 1.807) is 24.3 Å². The van der Waals surface area contributed by atoms with Crippen molar-refractivity contribution in [1.29, 1.82) is 0 Å². The number of nitrogens with zero attached hydrogens (tertiary/aromatic N) is 1. The van der Waals surface area contributed by atoms with Crippen LogP contribution < -0.4 is 5.73 Å². The van der Waals surface area contributed by atoms with Gasteiger partial charge in [0, 0.05) is 35.0 Å². The van der Waals surface area contributed by atoms with Gasteiger partial charge >= 0.3 is 5.97 Å². The number of carboxylic acids is 1. The molecule has 24 heavy (non-hydrogen) atoms. The summed E-state index contributed by atoms with van der Waals surface area (Å²) in [6.07, 6.45) is 0.0169. The van der Waals surface area contributed by atoms with Gasteiger partial charge in [0.15, 0.2) is 0 Å². The van der Waals surface area contributed by atoms with E-state index in [4.69, 9.17) is 10.8 Å². The van der Waals surface area contributed by atoms with E-state index >= 15 is 0 Å². The number of imide groups is 1. The predicted octanol–water partition coefficient (Wildman–Crippen LogP) is 1.40. The number of carbonyl (C=O) groups is 4. The Hall–Kier alpha value is -3.22. The summed E-state index contributed by atoms with van der Waals surface area (Å²) < 4.78 is 0. The summed E-state index contributed by atoms with van der Waals surface area (Å²) in [5.74, 6) is -2.67. The Kier molecular flexibility index (Phi) is 3.76. The van der Waals surface area contributed by atoms with Crippen LogP contribution in [0.25, 0.3) is 10.8 Å². The van der Waals surface area contributed by atoms with E-state index in [0.717, 1.165) is 4.90 Å². The molecule has 1 aliphatic rings. The van der Waals surface area contributed by atoms with Gasteiger partial charge in [-0.05, 0) is 30.0 Å². The van der Waals surface area contributed by atoms with Gasteiger partial charge < -0.3 is 10.8 Å². The molecular weight excluding hydrogens is 312 g/mol. The van der Waals surface area contributed by atoms with Crippen molar-refractivity contribution >= 4 is 34.5 Å². The lowest BCUT2D eigenvalue weighted by atomic mass is 9.92. The average Bonchev–Trinajstić information content (AvgIpc) is 2.54. The van der Waals surface area contributed by atoms with Gasteiger partial charge in [0.1, 0.15) is 0 Å². The summed E-state index contributed by atoms with van der Waals surface area (Å²) in [4.78, 5) is 48.4. The zero-order valence-electron chi connectivity index (χ0n) is 12.6. The Bertz CT molecular complexity index is 903. The largest absolute Gasteiger partial charge is 0.481 e. The zero-order chi connectivity index (χ0) is 17.4. The highest BCUT2D eigenvalue weighted by atomic mass is 16.4. The maximum atomic E-state index is 12.7. The lowest BCUT2D eigenvalue weighted by Crippen LogP contribution is -2.41. The molecule has 0 aromatic heterocycles. The number of benzene rings is 2. The first-order valence-corrected chi connectivity index (χ1v) is 7.34. The summed E-state index contributed by atoms with van der Waals surface area (Å²) in [6, 6.07) is 7.90. The van der Waals surface area contributed by atoms with Crippen LogP contribution in [0.3, 0.4) is 0 Å². The van der Waals surface area contributed by atoms with Crippen molar-refractivity contribution in [1.82, 2.24) is 4.90 Å². The number of rotatable bonds is 5. The average molecular weight is 326 g/mol. The number of hydrogen-bond acceptors (Lipinski definition) is 4. The SMILES string of the molecule is NC(=O)c1cc2c3c(cccc3c1)C(=O)N(CCCC(=O)O)C2=O. The number of aliphatic carboxylic acids is 1. The molecule has 2 aromatic rings. The van der Waals surface area contributed by atoms with Crippen molar-refractivity contribution < 1.29 is 24.3 Å². The van der Waals surface area contributed by atoms with Crippen LogP contribution in [0.2, 0.25) is 0 Å². The van der Waals surface area contributed by atoms with Crippen molar-refractivity contribution in [3.8, 4) is 0 Å².